The molecule has 78 valence electrons. The molecule has 0 saturated heterocycles. The number of carbonyl (C=O) groups is 1. The summed E-state index contributed by atoms with van der Waals surface area (Å²) in [6, 6.07) is 1.65. The monoisotopic (exact) mass is 259 g/mol. The van der Waals surface area contributed by atoms with E-state index in [1.54, 1.807) is 6.07 Å². The van der Waals surface area contributed by atoms with E-state index in [1.165, 1.54) is 12.5 Å². The first-order valence-corrected chi connectivity index (χ1v) is 5.64. The van der Waals surface area contributed by atoms with Crippen LogP contribution in [-0.4, -0.2) is 16.8 Å². The minimum Gasteiger partial charge on any atom is -0.472 e. The SMILES string of the molecule is CCC(C)(CBr)NC(=O)c1ccoc1. The molecule has 1 N–H and O–H groups in total. The van der Waals surface area contributed by atoms with Crippen molar-refractivity contribution in [2.75, 3.05) is 5.33 Å². The van der Waals surface area contributed by atoms with E-state index in [1.807, 2.05) is 13.8 Å². The zero-order chi connectivity index (χ0) is 10.6. The molecule has 0 aliphatic rings. The molecule has 4 heteroatoms. The zero-order valence-corrected chi connectivity index (χ0v) is 9.93. The summed E-state index contributed by atoms with van der Waals surface area (Å²) < 4.78 is 4.84. The van der Waals surface area contributed by atoms with Crippen LogP contribution < -0.4 is 5.32 Å². The van der Waals surface area contributed by atoms with E-state index in [9.17, 15) is 4.79 Å². The average Bonchev–Trinajstić information content (AvgIpc) is 2.70. The number of amides is 1. The van der Waals surface area contributed by atoms with Gasteiger partial charge in [0.1, 0.15) is 6.26 Å². The fraction of sp³-hybridized carbons (Fsp3) is 0.500. The van der Waals surface area contributed by atoms with Crippen LogP contribution in [0.1, 0.15) is 30.6 Å². The van der Waals surface area contributed by atoms with Gasteiger partial charge in [0.15, 0.2) is 0 Å². The van der Waals surface area contributed by atoms with Gasteiger partial charge in [0.05, 0.1) is 11.8 Å². The first kappa shape index (κ1) is 11.3. The Morgan fingerprint density at radius 1 is 1.71 bits per heavy atom. The highest BCUT2D eigenvalue weighted by Crippen LogP contribution is 2.13. The van der Waals surface area contributed by atoms with Gasteiger partial charge in [-0.05, 0) is 19.4 Å². The molecule has 0 bridgehead atoms. The molecule has 0 aliphatic heterocycles. The maximum Gasteiger partial charge on any atom is 0.254 e. The summed E-state index contributed by atoms with van der Waals surface area (Å²) in [6.45, 7) is 4.04. The van der Waals surface area contributed by atoms with Crippen LogP contribution in [0.5, 0.6) is 0 Å². The van der Waals surface area contributed by atoms with Crippen molar-refractivity contribution in [2.24, 2.45) is 0 Å². The van der Waals surface area contributed by atoms with Crippen LogP contribution in [-0.2, 0) is 0 Å². The maximum atomic E-state index is 11.6. The molecule has 1 unspecified atom stereocenters. The standard InChI is InChI=1S/C10H14BrNO2/c1-3-10(2,7-11)12-9(13)8-4-5-14-6-8/h4-6H,3,7H2,1-2H3,(H,12,13). The molecule has 0 spiro atoms. The first-order valence-electron chi connectivity index (χ1n) is 4.52. The summed E-state index contributed by atoms with van der Waals surface area (Å²) in [5.41, 5.74) is 0.361. The number of rotatable bonds is 4. The molecule has 0 radical (unpaired) electrons. The predicted molar refractivity (Wildman–Crippen MR) is 58.7 cm³/mol. The number of carbonyl (C=O) groups excluding carboxylic acids is 1. The Bertz CT molecular complexity index is 291. The fourth-order valence-corrected chi connectivity index (χ4v) is 1.49. The van der Waals surface area contributed by atoms with E-state index in [2.05, 4.69) is 21.2 Å². The van der Waals surface area contributed by atoms with Crippen molar-refractivity contribution < 1.29 is 9.21 Å². The van der Waals surface area contributed by atoms with E-state index < -0.39 is 0 Å². The number of alkyl halides is 1. The lowest BCUT2D eigenvalue weighted by Crippen LogP contribution is -2.46. The second-order valence-corrected chi connectivity index (χ2v) is 4.07. The highest BCUT2D eigenvalue weighted by Gasteiger charge is 2.23. The molecule has 1 aromatic rings. The van der Waals surface area contributed by atoms with Crippen molar-refractivity contribution in [1.29, 1.82) is 0 Å². The molecule has 1 aromatic heterocycles. The Balaban J connectivity index is 2.65. The number of hydrogen-bond donors (Lipinski definition) is 1. The summed E-state index contributed by atoms with van der Waals surface area (Å²) in [5.74, 6) is -0.0949. The Kier molecular flexibility index (Phi) is 3.75. The molecule has 3 nitrogen and oxygen atoms in total. The van der Waals surface area contributed by atoms with Crippen LogP contribution in [0.15, 0.2) is 23.0 Å². The van der Waals surface area contributed by atoms with Crippen molar-refractivity contribution >= 4 is 21.8 Å². The van der Waals surface area contributed by atoms with Gasteiger partial charge in [0.2, 0.25) is 0 Å². The maximum absolute atomic E-state index is 11.6. The number of furan rings is 1. The van der Waals surface area contributed by atoms with Gasteiger partial charge in [-0.2, -0.15) is 0 Å². The molecule has 0 fully saturated rings. The molecule has 1 rings (SSSR count). The van der Waals surface area contributed by atoms with Crippen LogP contribution in [0.4, 0.5) is 0 Å². The third kappa shape index (κ3) is 2.61. The largest absolute Gasteiger partial charge is 0.472 e. The second-order valence-electron chi connectivity index (χ2n) is 3.51. The van der Waals surface area contributed by atoms with Crippen LogP contribution in [0.3, 0.4) is 0 Å². The minimum absolute atomic E-state index is 0.0949. The van der Waals surface area contributed by atoms with Crippen LogP contribution in [0, 0.1) is 0 Å². The van der Waals surface area contributed by atoms with Crippen molar-refractivity contribution in [1.82, 2.24) is 5.32 Å². The minimum atomic E-state index is -0.200. The third-order valence-corrected chi connectivity index (χ3v) is 3.51. The third-order valence-electron chi connectivity index (χ3n) is 2.27. The van der Waals surface area contributed by atoms with Gasteiger partial charge in [-0.3, -0.25) is 4.79 Å². The van der Waals surface area contributed by atoms with Crippen molar-refractivity contribution in [3.05, 3.63) is 24.2 Å². The normalized spacial score (nSPS) is 14.8. The molecular weight excluding hydrogens is 246 g/mol. The van der Waals surface area contributed by atoms with Gasteiger partial charge < -0.3 is 9.73 Å². The molecule has 0 aromatic carbocycles. The van der Waals surface area contributed by atoms with Gasteiger partial charge in [0, 0.05) is 10.9 Å². The molecule has 0 saturated carbocycles. The summed E-state index contributed by atoms with van der Waals surface area (Å²) in [4.78, 5) is 11.6. The Labute approximate surface area is 92.0 Å². The molecular formula is C10H14BrNO2. The first-order chi connectivity index (χ1) is 6.61. The molecule has 1 amide bonds. The Morgan fingerprint density at radius 2 is 2.43 bits per heavy atom. The summed E-state index contributed by atoms with van der Waals surface area (Å²) in [7, 11) is 0. The van der Waals surface area contributed by atoms with E-state index in [4.69, 9.17) is 4.42 Å². The lowest BCUT2D eigenvalue weighted by molar-refractivity contribution is 0.0913. The smallest absolute Gasteiger partial charge is 0.254 e. The van der Waals surface area contributed by atoms with E-state index in [-0.39, 0.29) is 11.4 Å². The van der Waals surface area contributed by atoms with E-state index in [0.29, 0.717) is 5.56 Å². The fourth-order valence-electron chi connectivity index (χ4n) is 0.956. The van der Waals surface area contributed by atoms with Crippen LogP contribution in [0.2, 0.25) is 0 Å². The van der Waals surface area contributed by atoms with Gasteiger partial charge in [-0.1, -0.05) is 22.9 Å². The number of nitrogens with one attached hydrogen (secondary N) is 1. The van der Waals surface area contributed by atoms with Gasteiger partial charge in [0.25, 0.3) is 5.91 Å². The van der Waals surface area contributed by atoms with Crippen LogP contribution in [0.25, 0.3) is 0 Å². The quantitative estimate of drug-likeness (QED) is 0.845. The molecule has 0 aliphatic carbocycles. The average molecular weight is 260 g/mol. The van der Waals surface area contributed by atoms with E-state index in [0.717, 1.165) is 11.8 Å². The highest BCUT2D eigenvalue weighted by atomic mass is 79.9. The predicted octanol–water partition coefficient (Wildman–Crippen LogP) is 2.57. The number of halogens is 1. The lowest BCUT2D eigenvalue weighted by Gasteiger charge is -2.26. The van der Waals surface area contributed by atoms with Crippen molar-refractivity contribution in [2.45, 2.75) is 25.8 Å². The van der Waals surface area contributed by atoms with Gasteiger partial charge in [-0.15, -0.1) is 0 Å². The molecule has 14 heavy (non-hydrogen) atoms. The highest BCUT2D eigenvalue weighted by molar-refractivity contribution is 9.09. The van der Waals surface area contributed by atoms with E-state index >= 15 is 0 Å². The van der Waals surface area contributed by atoms with Gasteiger partial charge in [-0.25, -0.2) is 0 Å². The lowest BCUT2D eigenvalue weighted by atomic mass is 10.0. The van der Waals surface area contributed by atoms with Crippen LogP contribution >= 0.6 is 15.9 Å². The second kappa shape index (κ2) is 4.64. The number of hydrogen-bond acceptors (Lipinski definition) is 2. The molecule has 1 atom stereocenters. The topological polar surface area (TPSA) is 42.2 Å². The summed E-state index contributed by atoms with van der Waals surface area (Å²) >= 11 is 3.39. The molecule has 1 heterocycles. The van der Waals surface area contributed by atoms with Crippen molar-refractivity contribution in [3.8, 4) is 0 Å². The summed E-state index contributed by atoms with van der Waals surface area (Å²) in [6.07, 6.45) is 3.81. The zero-order valence-electron chi connectivity index (χ0n) is 8.34. The summed E-state index contributed by atoms with van der Waals surface area (Å²) in [5, 5.41) is 3.69. The van der Waals surface area contributed by atoms with Gasteiger partial charge >= 0.3 is 0 Å². The Morgan fingerprint density at radius 3 is 2.86 bits per heavy atom. The van der Waals surface area contributed by atoms with Crippen molar-refractivity contribution in [3.63, 3.8) is 0 Å². The Hall–Kier alpha value is -0.770.